The molecule has 5 atom stereocenters. The van der Waals surface area contributed by atoms with Crippen molar-refractivity contribution in [3.63, 3.8) is 0 Å². The number of hydrogen-bond acceptors (Lipinski definition) is 1. The predicted octanol–water partition coefficient (Wildman–Crippen LogP) is 3.92. The monoisotopic (exact) mass is 331 g/mol. The van der Waals surface area contributed by atoms with Crippen LogP contribution in [0.1, 0.15) is 71.8 Å². The number of hydrogen-bond donors (Lipinski definition) is 2. The summed E-state index contributed by atoms with van der Waals surface area (Å²) in [5.74, 6) is 2.03. The van der Waals surface area contributed by atoms with Crippen LogP contribution < -0.4 is 10.6 Å². The van der Waals surface area contributed by atoms with Crippen molar-refractivity contribution >= 4 is 11.6 Å². The van der Waals surface area contributed by atoms with Crippen molar-refractivity contribution in [2.45, 2.75) is 78.3 Å². The molecule has 0 aliphatic heterocycles. The summed E-state index contributed by atoms with van der Waals surface area (Å²) in [6.07, 6.45) is 4.92. The second-order valence-corrected chi connectivity index (χ2v) is 7.80. The van der Waals surface area contributed by atoms with E-state index < -0.39 is 0 Å². The van der Waals surface area contributed by atoms with Crippen LogP contribution in [0.5, 0.6) is 0 Å². The van der Waals surface area contributed by atoms with E-state index in [1.807, 2.05) is 19.1 Å². The molecule has 0 aromatic heterocycles. The highest BCUT2D eigenvalue weighted by molar-refractivity contribution is 5.94. The van der Waals surface area contributed by atoms with Crippen LogP contribution in [0.25, 0.3) is 0 Å². The SMILES string of the molecule is CC[C@@H](C)c1ccccc1NC(=O)[C@@H](C)[NH2+][C@H]1CCC[C@H](C)[C@H]1C. The Hall–Kier alpha value is -1.35. The molecule has 1 aromatic carbocycles. The van der Waals surface area contributed by atoms with E-state index in [4.69, 9.17) is 0 Å². The van der Waals surface area contributed by atoms with Gasteiger partial charge in [-0.3, -0.25) is 4.79 Å². The van der Waals surface area contributed by atoms with Crippen LogP contribution in [0.2, 0.25) is 0 Å². The van der Waals surface area contributed by atoms with Crippen LogP contribution in [0.15, 0.2) is 24.3 Å². The summed E-state index contributed by atoms with van der Waals surface area (Å²) in [4.78, 5) is 12.7. The zero-order valence-corrected chi connectivity index (χ0v) is 16.0. The van der Waals surface area contributed by atoms with Gasteiger partial charge in [-0.25, -0.2) is 0 Å². The number of nitrogens with one attached hydrogen (secondary N) is 1. The van der Waals surface area contributed by atoms with E-state index in [0.717, 1.165) is 18.0 Å². The summed E-state index contributed by atoms with van der Waals surface area (Å²) in [6, 6.07) is 8.73. The second kappa shape index (κ2) is 8.66. The number of carbonyl (C=O) groups is 1. The molecule has 134 valence electrons. The number of carbonyl (C=O) groups excluding carboxylic acids is 1. The Kier molecular flexibility index (Phi) is 6.85. The lowest BCUT2D eigenvalue weighted by Crippen LogP contribution is -2.97. The fraction of sp³-hybridized carbons (Fsp3) is 0.667. The molecule has 0 bridgehead atoms. The molecule has 3 N–H and O–H groups in total. The van der Waals surface area contributed by atoms with Gasteiger partial charge in [-0.05, 0) is 56.1 Å². The van der Waals surface area contributed by atoms with E-state index in [9.17, 15) is 4.79 Å². The van der Waals surface area contributed by atoms with Gasteiger partial charge in [-0.2, -0.15) is 0 Å². The summed E-state index contributed by atoms with van der Waals surface area (Å²) in [7, 11) is 0. The summed E-state index contributed by atoms with van der Waals surface area (Å²) in [6.45, 7) is 11.1. The minimum absolute atomic E-state index is 0.0484. The van der Waals surface area contributed by atoms with Gasteiger partial charge in [0.15, 0.2) is 6.04 Å². The third kappa shape index (κ3) is 4.60. The molecule has 0 radical (unpaired) electrons. The normalized spacial score (nSPS) is 26.6. The fourth-order valence-corrected chi connectivity index (χ4v) is 3.86. The van der Waals surface area contributed by atoms with E-state index in [1.54, 1.807) is 0 Å². The van der Waals surface area contributed by atoms with Crippen molar-refractivity contribution in [3.8, 4) is 0 Å². The van der Waals surface area contributed by atoms with E-state index in [-0.39, 0.29) is 11.9 Å². The number of quaternary nitrogens is 1. The number of nitrogens with two attached hydrogens (primary N) is 1. The van der Waals surface area contributed by atoms with Crippen LogP contribution in [0, 0.1) is 11.8 Å². The van der Waals surface area contributed by atoms with Gasteiger partial charge in [-0.1, -0.05) is 45.9 Å². The van der Waals surface area contributed by atoms with Crippen molar-refractivity contribution in [1.82, 2.24) is 0 Å². The van der Waals surface area contributed by atoms with Gasteiger partial charge >= 0.3 is 0 Å². The van der Waals surface area contributed by atoms with E-state index in [1.165, 1.54) is 24.8 Å². The molecule has 3 heteroatoms. The van der Waals surface area contributed by atoms with Crippen molar-refractivity contribution < 1.29 is 10.1 Å². The van der Waals surface area contributed by atoms with Gasteiger partial charge in [0.1, 0.15) is 0 Å². The molecule has 0 unspecified atom stereocenters. The number of anilines is 1. The Morgan fingerprint density at radius 2 is 1.96 bits per heavy atom. The first-order valence-electron chi connectivity index (χ1n) is 9.68. The lowest BCUT2D eigenvalue weighted by atomic mass is 9.78. The minimum Gasteiger partial charge on any atom is -0.334 e. The average Bonchev–Trinajstić information content (AvgIpc) is 2.58. The smallest absolute Gasteiger partial charge is 0.282 e. The maximum Gasteiger partial charge on any atom is 0.282 e. The van der Waals surface area contributed by atoms with Crippen LogP contribution >= 0.6 is 0 Å². The molecule has 1 fully saturated rings. The Morgan fingerprint density at radius 1 is 1.25 bits per heavy atom. The molecule has 0 heterocycles. The average molecular weight is 332 g/mol. The highest BCUT2D eigenvalue weighted by Gasteiger charge is 2.32. The molecular weight excluding hydrogens is 296 g/mol. The third-order valence-corrected chi connectivity index (χ3v) is 6.08. The molecule has 2 rings (SSSR count). The molecular formula is C21H35N2O+. The predicted molar refractivity (Wildman–Crippen MR) is 101 cm³/mol. The van der Waals surface area contributed by atoms with Crippen molar-refractivity contribution in [1.29, 1.82) is 0 Å². The Bertz CT molecular complexity index is 542. The quantitative estimate of drug-likeness (QED) is 0.815. The molecule has 3 nitrogen and oxygen atoms in total. The molecule has 24 heavy (non-hydrogen) atoms. The first kappa shape index (κ1) is 19.0. The Morgan fingerprint density at radius 3 is 2.67 bits per heavy atom. The Labute approximate surface area is 147 Å². The standard InChI is InChI=1S/C21H34N2O/c1-6-14(2)18-11-7-8-12-20(18)23-21(24)17(5)22-19-13-9-10-15(3)16(19)4/h7-8,11-12,14-17,19,22H,6,9-10,13H2,1-5H3,(H,23,24)/p+1/t14-,15+,16-,17-,19+/m1/s1. The van der Waals surface area contributed by atoms with Crippen molar-refractivity contribution in [2.24, 2.45) is 11.8 Å². The first-order chi connectivity index (χ1) is 11.4. The maximum absolute atomic E-state index is 12.7. The first-order valence-corrected chi connectivity index (χ1v) is 9.68. The van der Waals surface area contributed by atoms with Crippen molar-refractivity contribution in [2.75, 3.05) is 5.32 Å². The lowest BCUT2D eigenvalue weighted by molar-refractivity contribution is -0.715. The highest BCUT2D eigenvalue weighted by atomic mass is 16.2. The van der Waals surface area contributed by atoms with Crippen LogP contribution in [0.4, 0.5) is 5.69 Å². The van der Waals surface area contributed by atoms with Crippen LogP contribution in [-0.4, -0.2) is 18.0 Å². The van der Waals surface area contributed by atoms with E-state index in [0.29, 0.717) is 17.9 Å². The molecule has 0 saturated heterocycles. The third-order valence-electron chi connectivity index (χ3n) is 6.08. The largest absolute Gasteiger partial charge is 0.334 e. The maximum atomic E-state index is 12.7. The minimum atomic E-state index is -0.0484. The Balaban J connectivity index is 1.99. The van der Waals surface area contributed by atoms with Crippen LogP contribution in [-0.2, 0) is 4.79 Å². The van der Waals surface area contributed by atoms with Gasteiger partial charge in [0.2, 0.25) is 0 Å². The summed E-state index contributed by atoms with van der Waals surface area (Å²) < 4.78 is 0. The molecule has 1 aliphatic carbocycles. The van der Waals surface area contributed by atoms with Gasteiger partial charge in [0.05, 0.1) is 6.04 Å². The van der Waals surface area contributed by atoms with Gasteiger partial charge in [0, 0.05) is 11.6 Å². The van der Waals surface area contributed by atoms with Gasteiger partial charge in [-0.15, -0.1) is 0 Å². The molecule has 1 aromatic rings. The van der Waals surface area contributed by atoms with Crippen molar-refractivity contribution in [3.05, 3.63) is 29.8 Å². The lowest BCUT2D eigenvalue weighted by Gasteiger charge is -2.33. The molecule has 1 amide bonds. The van der Waals surface area contributed by atoms with Gasteiger partial charge < -0.3 is 10.6 Å². The highest BCUT2D eigenvalue weighted by Crippen LogP contribution is 2.28. The number of para-hydroxylation sites is 1. The number of amides is 1. The summed E-state index contributed by atoms with van der Waals surface area (Å²) in [5, 5.41) is 5.46. The van der Waals surface area contributed by atoms with Crippen LogP contribution in [0.3, 0.4) is 0 Å². The zero-order valence-electron chi connectivity index (χ0n) is 16.0. The molecule has 1 saturated carbocycles. The zero-order chi connectivity index (χ0) is 17.7. The number of rotatable bonds is 6. The number of benzene rings is 1. The summed E-state index contributed by atoms with van der Waals surface area (Å²) >= 11 is 0. The second-order valence-electron chi connectivity index (χ2n) is 7.80. The molecule has 1 aliphatic rings. The fourth-order valence-electron chi connectivity index (χ4n) is 3.86. The summed E-state index contributed by atoms with van der Waals surface area (Å²) in [5.41, 5.74) is 2.21. The van der Waals surface area contributed by atoms with E-state index >= 15 is 0 Å². The molecule has 0 spiro atoms. The topological polar surface area (TPSA) is 45.7 Å². The van der Waals surface area contributed by atoms with E-state index in [2.05, 4.69) is 50.5 Å². The van der Waals surface area contributed by atoms with Gasteiger partial charge in [0.25, 0.3) is 5.91 Å².